The normalized spacial score (nSPS) is 10.3. The summed E-state index contributed by atoms with van der Waals surface area (Å²) in [6.45, 7) is 4.36. The van der Waals surface area contributed by atoms with Gasteiger partial charge >= 0.3 is 0 Å². The number of benzene rings is 2. The largest absolute Gasteiger partial charge is 0.493 e. The molecule has 2 aromatic rings. The standard InChI is InChI=1S/C20H25NO4/c1-14-9-10-15(2)18(11-14)25-13-19(22)21(3)12-16-7-6-8-17(23-4)20(16)24-5/h6-11H,12-13H2,1-5H3. The Hall–Kier alpha value is -2.69. The van der Waals surface area contributed by atoms with Gasteiger partial charge in [0.05, 0.1) is 14.2 Å². The van der Waals surface area contributed by atoms with Gasteiger partial charge in [0.15, 0.2) is 18.1 Å². The molecule has 0 aliphatic rings. The molecule has 0 saturated heterocycles. The highest BCUT2D eigenvalue weighted by Gasteiger charge is 2.15. The molecule has 0 N–H and O–H groups in total. The van der Waals surface area contributed by atoms with Crippen LogP contribution in [0.5, 0.6) is 17.2 Å². The summed E-state index contributed by atoms with van der Waals surface area (Å²) in [7, 11) is 4.93. The van der Waals surface area contributed by atoms with E-state index >= 15 is 0 Å². The third-order valence-corrected chi connectivity index (χ3v) is 4.01. The van der Waals surface area contributed by atoms with Gasteiger partial charge in [-0.3, -0.25) is 4.79 Å². The molecule has 2 aromatic carbocycles. The number of amides is 1. The Bertz CT molecular complexity index is 742. The Morgan fingerprint density at radius 2 is 1.80 bits per heavy atom. The van der Waals surface area contributed by atoms with Gasteiger partial charge in [-0.1, -0.05) is 24.3 Å². The van der Waals surface area contributed by atoms with E-state index in [1.54, 1.807) is 26.2 Å². The molecule has 0 atom stereocenters. The molecule has 134 valence electrons. The summed E-state index contributed by atoms with van der Waals surface area (Å²) >= 11 is 0. The van der Waals surface area contributed by atoms with Crippen molar-refractivity contribution in [2.24, 2.45) is 0 Å². The van der Waals surface area contributed by atoms with Crippen LogP contribution >= 0.6 is 0 Å². The van der Waals surface area contributed by atoms with Crippen molar-refractivity contribution in [3.8, 4) is 17.2 Å². The Morgan fingerprint density at radius 3 is 2.48 bits per heavy atom. The van der Waals surface area contributed by atoms with Gasteiger partial charge in [0, 0.05) is 19.2 Å². The van der Waals surface area contributed by atoms with E-state index in [1.807, 2.05) is 50.2 Å². The minimum Gasteiger partial charge on any atom is -0.493 e. The fourth-order valence-electron chi connectivity index (χ4n) is 2.53. The van der Waals surface area contributed by atoms with Crippen molar-refractivity contribution in [1.82, 2.24) is 4.90 Å². The van der Waals surface area contributed by atoms with Gasteiger partial charge in [0.25, 0.3) is 5.91 Å². The van der Waals surface area contributed by atoms with Crippen molar-refractivity contribution in [3.05, 3.63) is 53.1 Å². The van der Waals surface area contributed by atoms with Gasteiger partial charge in [-0.05, 0) is 37.1 Å². The zero-order valence-corrected chi connectivity index (χ0v) is 15.5. The summed E-state index contributed by atoms with van der Waals surface area (Å²) in [5, 5.41) is 0. The van der Waals surface area contributed by atoms with Crippen molar-refractivity contribution in [3.63, 3.8) is 0 Å². The van der Waals surface area contributed by atoms with E-state index in [2.05, 4.69) is 0 Å². The Morgan fingerprint density at radius 1 is 1.04 bits per heavy atom. The molecule has 0 bridgehead atoms. The van der Waals surface area contributed by atoms with Gasteiger partial charge < -0.3 is 19.1 Å². The molecule has 5 heteroatoms. The highest BCUT2D eigenvalue weighted by molar-refractivity contribution is 5.77. The number of hydrogen-bond acceptors (Lipinski definition) is 4. The van der Waals surface area contributed by atoms with Gasteiger partial charge in [0.2, 0.25) is 0 Å². The van der Waals surface area contributed by atoms with Crippen molar-refractivity contribution in [2.45, 2.75) is 20.4 Å². The van der Waals surface area contributed by atoms with Crippen LogP contribution in [0.15, 0.2) is 36.4 Å². The van der Waals surface area contributed by atoms with Crippen LogP contribution in [0, 0.1) is 13.8 Å². The van der Waals surface area contributed by atoms with E-state index in [0.717, 1.165) is 22.4 Å². The van der Waals surface area contributed by atoms with Crippen molar-refractivity contribution < 1.29 is 19.0 Å². The first-order valence-corrected chi connectivity index (χ1v) is 8.10. The van der Waals surface area contributed by atoms with Crippen LogP contribution in [0.25, 0.3) is 0 Å². The van der Waals surface area contributed by atoms with E-state index in [9.17, 15) is 4.79 Å². The van der Waals surface area contributed by atoms with Gasteiger partial charge in [0.1, 0.15) is 5.75 Å². The molecule has 0 spiro atoms. The molecule has 0 aliphatic heterocycles. The zero-order valence-electron chi connectivity index (χ0n) is 15.5. The maximum absolute atomic E-state index is 12.4. The number of rotatable bonds is 7. The minimum atomic E-state index is -0.106. The number of para-hydroxylation sites is 1. The molecule has 25 heavy (non-hydrogen) atoms. The van der Waals surface area contributed by atoms with Crippen LogP contribution < -0.4 is 14.2 Å². The van der Waals surface area contributed by atoms with E-state index < -0.39 is 0 Å². The summed E-state index contributed by atoms with van der Waals surface area (Å²) in [6.07, 6.45) is 0. The number of methoxy groups -OCH3 is 2. The molecular weight excluding hydrogens is 318 g/mol. The van der Waals surface area contributed by atoms with Crippen molar-refractivity contribution in [1.29, 1.82) is 0 Å². The van der Waals surface area contributed by atoms with E-state index in [1.165, 1.54) is 0 Å². The van der Waals surface area contributed by atoms with Crippen LogP contribution in [0.2, 0.25) is 0 Å². The third-order valence-electron chi connectivity index (χ3n) is 4.01. The lowest BCUT2D eigenvalue weighted by molar-refractivity contribution is -0.132. The van der Waals surface area contributed by atoms with Crippen molar-refractivity contribution in [2.75, 3.05) is 27.9 Å². The number of ether oxygens (including phenoxy) is 3. The van der Waals surface area contributed by atoms with Crippen LogP contribution in [-0.2, 0) is 11.3 Å². The molecule has 0 aliphatic carbocycles. The molecule has 2 rings (SSSR count). The molecule has 5 nitrogen and oxygen atoms in total. The van der Waals surface area contributed by atoms with Gasteiger partial charge in [-0.15, -0.1) is 0 Å². The minimum absolute atomic E-state index is 0.00687. The molecule has 0 aromatic heterocycles. The molecule has 1 amide bonds. The fourth-order valence-corrected chi connectivity index (χ4v) is 2.53. The number of hydrogen-bond donors (Lipinski definition) is 0. The first-order chi connectivity index (χ1) is 12.0. The number of carbonyl (C=O) groups excluding carboxylic acids is 1. The zero-order chi connectivity index (χ0) is 18.4. The maximum atomic E-state index is 12.4. The van der Waals surface area contributed by atoms with Gasteiger partial charge in [-0.2, -0.15) is 0 Å². The van der Waals surface area contributed by atoms with Gasteiger partial charge in [-0.25, -0.2) is 0 Å². The third kappa shape index (κ3) is 4.66. The smallest absolute Gasteiger partial charge is 0.260 e. The molecule has 0 radical (unpaired) electrons. The lowest BCUT2D eigenvalue weighted by Gasteiger charge is -2.20. The topological polar surface area (TPSA) is 48.0 Å². The van der Waals surface area contributed by atoms with Crippen LogP contribution in [0.1, 0.15) is 16.7 Å². The van der Waals surface area contributed by atoms with Crippen LogP contribution in [0.4, 0.5) is 0 Å². The summed E-state index contributed by atoms with van der Waals surface area (Å²) in [4.78, 5) is 14.0. The average molecular weight is 343 g/mol. The second-order valence-corrected chi connectivity index (χ2v) is 5.96. The summed E-state index contributed by atoms with van der Waals surface area (Å²) in [6, 6.07) is 11.6. The average Bonchev–Trinajstić information content (AvgIpc) is 2.61. The molecule has 0 unspecified atom stereocenters. The SMILES string of the molecule is COc1cccc(CN(C)C(=O)COc2cc(C)ccc2C)c1OC. The quantitative estimate of drug-likeness (QED) is 0.773. The second-order valence-electron chi connectivity index (χ2n) is 5.96. The molecule has 0 saturated carbocycles. The highest BCUT2D eigenvalue weighted by Crippen LogP contribution is 2.31. The van der Waals surface area contributed by atoms with Crippen LogP contribution in [-0.4, -0.2) is 38.7 Å². The summed E-state index contributed by atoms with van der Waals surface area (Å²) in [5.74, 6) is 1.92. The Balaban J connectivity index is 2.02. The monoisotopic (exact) mass is 343 g/mol. The summed E-state index contributed by atoms with van der Waals surface area (Å²) in [5.41, 5.74) is 2.99. The maximum Gasteiger partial charge on any atom is 0.260 e. The number of nitrogens with zero attached hydrogens (tertiary/aromatic N) is 1. The lowest BCUT2D eigenvalue weighted by Crippen LogP contribution is -2.31. The fraction of sp³-hybridized carbons (Fsp3) is 0.350. The number of likely N-dealkylation sites (N-methyl/N-ethyl adjacent to an activating group) is 1. The Kier molecular flexibility index (Phi) is 6.28. The first kappa shape index (κ1) is 18.6. The Labute approximate surface area is 149 Å². The molecular formula is C20H25NO4. The first-order valence-electron chi connectivity index (χ1n) is 8.10. The molecule has 0 heterocycles. The van der Waals surface area contributed by atoms with E-state index in [-0.39, 0.29) is 12.5 Å². The lowest BCUT2D eigenvalue weighted by atomic mass is 10.1. The van der Waals surface area contributed by atoms with Crippen molar-refractivity contribution >= 4 is 5.91 Å². The summed E-state index contributed by atoms with van der Waals surface area (Å²) < 4.78 is 16.4. The highest BCUT2D eigenvalue weighted by atomic mass is 16.5. The van der Waals surface area contributed by atoms with Crippen LogP contribution in [0.3, 0.4) is 0 Å². The number of aryl methyl sites for hydroxylation is 2. The predicted molar refractivity (Wildman–Crippen MR) is 97.4 cm³/mol. The van der Waals surface area contributed by atoms with E-state index in [0.29, 0.717) is 18.0 Å². The van der Waals surface area contributed by atoms with E-state index in [4.69, 9.17) is 14.2 Å². The second kappa shape index (κ2) is 8.42. The molecule has 0 fully saturated rings. The number of carbonyl (C=O) groups is 1. The predicted octanol–water partition coefficient (Wildman–Crippen LogP) is 3.36.